The highest BCUT2D eigenvalue weighted by atomic mass is 32.1. The summed E-state index contributed by atoms with van der Waals surface area (Å²) in [6.07, 6.45) is 0.254. The molecule has 0 radical (unpaired) electrons. The summed E-state index contributed by atoms with van der Waals surface area (Å²) in [5, 5.41) is 3.64. The van der Waals surface area contributed by atoms with Crippen LogP contribution in [0, 0.1) is 6.92 Å². The summed E-state index contributed by atoms with van der Waals surface area (Å²) in [6, 6.07) is 13.7. The van der Waals surface area contributed by atoms with Crippen molar-refractivity contribution in [1.82, 2.24) is 4.98 Å². The molecule has 0 bridgehead atoms. The van der Waals surface area contributed by atoms with Crippen molar-refractivity contribution < 1.29 is 14.3 Å². The second kappa shape index (κ2) is 7.44. The van der Waals surface area contributed by atoms with Crippen LogP contribution in [-0.2, 0) is 14.3 Å². The Morgan fingerprint density at radius 3 is 2.64 bits per heavy atom. The van der Waals surface area contributed by atoms with Crippen LogP contribution in [0.4, 0.5) is 5.69 Å². The molecule has 6 heteroatoms. The Balaban J connectivity index is 1.68. The van der Waals surface area contributed by atoms with Crippen molar-refractivity contribution in [3.63, 3.8) is 0 Å². The van der Waals surface area contributed by atoms with E-state index < -0.39 is 5.97 Å². The van der Waals surface area contributed by atoms with Crippen molar-refractivity contribution in [2.75, 3.05) is 11.9 Å². The summed E-state index contributed by atoms with van der Waals surface area (Å²) < 4.78 is 5.96. The number of anilines is 1. The molecule has 5 nitrogen and oxygen atoms in total. The Morgan fingerprint density at radius 1 is 1.16 bits per heavy atom. The molecule has 3 rings (SSSR count). The average Bonchev–Trinajstić information content (AvgIpc) is 3.03. The summed E-state index contributed by atoms with van der Waals surface area (Å²) in [6.45, 7) is 3.47. The van der Waals surface area contributed by atoms with E-state index in [1.807, 2.05) is 30.3 Å². The Bertz CT molecular complexity index is 916. The topological polar surface area (TPSA) is 68.3 Å². The van der Waals surface area contributed by atoms with Crippen molar-refractivity contribution in [3.05, 3.63) is 48.0 Å². The van der Waals surface area contributed by atoms with Crippen LogP contribution in [-0.4, -0.2) is 23.5 Å². The molecule has 1 heterocycles. The highest BCUT2D eigenvalue weighted by Gasteiger charge is 2.08. The first-order chi connectivity index (χ1) is 12.0. The fourth-order valence-electron chi connectivity index (χ4n) is 2.30. The zero-order valence-corrected chi connectivity index (χ0v) is 14.9. The summed E-state index contributed by atoms with van der Waals surface area (Å²) in [4.78, 5) is 27.4. The number of carbonyl (C=O) groups excluding carboxylic acids is 2. The lowest BCUT2D eigenvalue weighted by molar-refractivity contribution is -0.146. The van der Waals surface area contributed by atoms with Crippen LogP contribution >= 0.6 is 11.3 Å². The molecule has 3 aromatic rings. The molecule has 0 saturated heterocycles. The monoisotopic (exact) mass is 354 g/mol. The maximum Gasteiger partial charge on any atom is 0.306 e. The smallest absolute Gasteiger partial charge is 0.306 e. The lowest BCUT2D eigenvalue weighted by Gasteiger charge is -2.06. The Kier molecular flexibility index (Phi) is 5.09. The molecular formula is C19H18N2O3S. The van der Waals surface area contributed by atoms with Crippen LogP contribution in [0.3, 0.4) is 0 Å². The second-order valence-electron chi connectivity index (χ2n) is 5.63. The average molecular weight is 354 g/mol. The molecule has 0 fully saturated rings. The molecule has 2 aromatic carbocycles. The molecular weight excluding hydrogens is 336 g/mol. The van der Waals surface area contributed by atoms with Gasteiger partial charge in [0.05, 0.1) is 10.2 Å². The van der Waals surface area contributed by atoms with Crippen molar-refractivity contribution >= 4 is 39.1 Å². The lowest BCUT2D eigenvalue weighted by atomic mass is 10.2. The van der Waals surface area contributed by atoms with Crippen molar-refractivity contribution in [1.29, 1.82) is 0 Å². The molecule has 0 aliphatic carbocycles. The molecule has 0 saturated carbocycles. The van der Waals surface area contributed by atoms with Gasteiger partial charge in [0.25, 0.3) is 5.91 Å². The van der Waals surface area contributed by atoms with E-state index in [-0.39, 0.29) is 18.9 Å². The van der Waals surface area contributed by atoms with E-state index in [4.69, 9.17) is 4.74 Å². The highest BCUT2D eigenvalue weighted by Crippen LogP contribution is 2.31. The quantitative estimate of drug-likeness (QED) is 0.699. The predicted octanol–water partition coefficient (Wildman–Crippen LogP) is 4.16. The molecule has 0 aliphatic rings. The van der Waals surface area contributed by atoms with Gasteiger partial charge in [0.15, 0.2) is 6.61 Å². The zero-order valence-electron chi connectivity index (χ0n) is 14.0. The fraction of sp³-hybridized carbons (Fsp3) is 0.211. The van der Waals surface area contributed by atoms with Gasteiger partial charge in [0, 0.05) is 17.7 Å². The van der Waals surface area contributed by atoms with E-state index >= 15 is 0 Å². The number of amides is 1. The van der Waals surface area contributed by atoms with Gasteiger partial charge < -0.3 is 10.1 Å². The molecule has 0 atom stereocenters. The number of rotatable bonds is 5. The van der Waals surface area contributed by atoms with Gasteiger partial charge in [-0.15, -0.1) is 11.3 Å². The third-order valence-corrected chi connectivity index (χ3v) is 4.68. The van der Waals surface area contributed by atoms with Gasteiger partial charge in [-0.1, -0.05) is 13.0 Å². The number of carbonyl (C=O) groups is 2. The van der Waals surface area contributed by atoms with Crippen LogP contribution in [0.25, 0.3) is 20.8 Å². The van der Waals surface area contributed by atoms with Gasteiger partial charge in [-0.05, 0) is 48.9 Å². The van der Waals surface area contributed by atoms with Crippen LogP contribution in [0.5, 0.6) is 0 Å². The van der Waals surface area contributed by atoms with Crippen molar-refractivity contribution in [2.24, 2.45) is 0 Å². The van der Waals surface area contributed by atoms with Crippen LogP contribution in [0.1, 0.15) is 18.9 Å². The van der Waals surface area contributed by atoms with Crippen molar-refractivity contribution in [2.45, 2.75) is 20.3 Å². The number of esters is 1. The summed E-state index contributed by atoms with van der Waals surface area (Å²) in [7, 11) is 0. The summed E-state index contributed by atoms with van der Waals surface area (Å²) in [5.41, 5.74) is 3.85. The normalized spacial score (nSPS) is 10.6. The minimum Gasteiger partial charge on any atom is -0.456 e. The third-order valence-electron chi connectivity index (χ3n) is 3.61. The number of benzene rings is 2. The number of nitrogens with one attached hydrogen (secondary N) is 1. The number of hydrogen-bond donors (Lipinski definition) is 1. The Morgan fingerprint density at radius 2 is 1.92 bits per heavy atom. The number of nitrogens with zero attached hydrogens (tertiary/aromatic N) is 1. The van der Waals surface area contributed by atoms with Crippen molar-refractivity contribution in [3.8, 4) is 10.6 Å². The van der Waals surface area contributed by atoms with Crippen LogP contribution in [0.2, 0.25) is 0 Å². The van der Waals surface area contributed by atoms with E-state index in [2.05, 4.69) is 29.4 Å². The van der Waals surface area contributed by atoms with Gasteiger partial charge in [-0.2, -0.15) is 0 Å². The van der Waals surface area contributed by atoms with E-state index in [0.717, 1.165) is 20.8 Å². The van der Waals surface area contributed by atoms with Crippen LogP contribution < -0.4 is 5.32 Å². The maximum absolute atomic E-state index is 11.7. The number of aromatic nitrogens is 1. The first kappa shape index (κ1) is 17.1. The number of fused-ring (bicyclic) bond motifs is 1. The predicted molar refractivity (Wildman–Crippen MR) is 99.7 cm³/mol. The Hall–Kier alpha value is -2.73. The Labute approximate surface area is 149 Å². The first-order valence-corrected chi connectivity index (χ1v) is 8.80. The summed E-state index contributed by atoms with van der Waals surface area (Å²) >= 11 is 1.64. The summed E-state index contributed by atoms with van der Waals surface area (Å²) in [5.74, 6) is -0.749. The van der Waals surface area contributed by atoms with Crippen LogP contribution in [0.15, 0.2) is 42.5 Å². The van der Waals surface area contributed by atoms with E-state index in [0.29, 0.717) is 5.69 Å². The van der Waals surface area contributed by atoms with Gasteiger partial charge in [-0.3, -0.25) is 9.59 Å². The molecule has 0 spiro atoms. The minimum absolute atomic E-state index is 0.254. The first-order valence-electron chi connectivity index (χ1n) is 7.98. The molecule has 0 unspecified atom stereocenters. The van der Waals surface area contributed by atoms with Gasteiger partial charge >= 0.3 is 5.97 Å². The molecule has 128 valence electrons. The SMILES string of the molecule is CCC(=O)OCC(=O)Nc1ccc(-c2nc3ccc(C)cc3s2)cc1. The fourth-order valence-corrected chi connectivity index (χ4v) is 3.37. The zero-order chi connectivity index (χ0) is 17.8. The standard InChI is InChI=1S/C19H18N2O3S/c1-3-18(23)24-11-17(22)20-14-7-5-13(6-8-14)19-21-15-9-4-12(2)10-16(15)25-19/h4-10H,3,11H2,1-2H3,(H,20,22). The largest absolute Gasteiger partial charge is 0.456 e. The number of aryl methyl sites for hydroxylation is 1. The lowest BCUT2D eigenvalue weighted by Crippen LogP contribution is -2.20. The number of thiazole rings is 1. The molecule has 1 aromatic heterocycles. The third kappa shape index (κ3) is 4.22. The highest BCUT2D eigenvalue weighted by molar-refractivity contribution is 7.21. The molecule has 1 amide bonds. The van der Waals surface area contributed by atoms with E-state index in [1.165, 1.54) is 5.56 Å². The number of hydrogen-bond acceptors (Lipinski definition) is 5. The number of ether oxygens (including phenoxy) is 1. The second-order valence-corrected chi connectivity index (χ2v) is 6.66. The van der Waals surface area contributed by atoms with Gasteiger partial charge in [-0.25, -0.2) is 4.98 Å². The molecule has 1 N–H and O–H groups in total. The maximum atomic E-state index is 11.7. The molecule has 0 aliphatic heterocycles. The van der Waals surface area contributed by atoms with E-state index in [9.17, 15) is 9.59 Å². The van der Waals surface area contributed by atoms with Gasteiger partial charge in [0.1, 0.15) is 5.01 Å². The van der Waals surface area contributed by atoms with E-state index in [1.54, 1.807) is 18.3 Å². The minimum atomic E-state index is -0.392. The molecule has 25 heavy (non-hydrogen) atoms. The van der Waals surface area contributed by atoms with Gasteiger partial charge in [0.2, 0.25) is 0 Å².